The number of rotatable bonds is 10. The monoisotopic (exact) mass is 302 g/mol. The fraction of sp³-hybridized carbons (Fsp3) is 1.00. The third kappa shape index (κ3) is 4.65. The van der Waals surface area contributed by atoms with Crippen LogP contribution in [0, 0.1) is 11.3 Å². The van der Waals surface area contributed by atoms with Crippen molar-refractivity contribution in [3.63, 3.8) is 0 Å². The quantitative estimate of drug-likeness (QED) is 0.542. The van der Waals surface area contributed by atoms with E-state index in [9.17, 15) is 10.2 Å². The predicted molar refractivity (Wildman–Crippen MR) is 84.1 cm³/mol. The van der Waals surface area contributed by atoms with Crippen LogP contribution in [0.5, 0.6) is 0 Å². The average molecular weight is 302 g/mol. The first-order valence-electron chi connectivity index (χ1n) is 8.35. The van der Waals surface area contributed by atoms with Crippen molar-refractivity contribution in [2.75, 3.05) is 13.2 Å². The normalized spacial score (nSPS) is 31.0. The second-order valence-corrected chi connectivity index (χ2v) is 7.48. The Balaban J connectivity index is 2.14. The summed E-state index contributed by atoms with van der Waals surface area (Å²) < 4.78 is 5.99. The topological polar surface area (TPSA) is 69.9 Å². The number of hydrogen-bond donors (Lipinski definition) is 3. The van der Waals surface area contributed by atoms with E-state index in [0.29, 0.717) is 18.9 Å². The van der Waals surface area contributed by atoms with Crippen LogP contribution in [0.15, 0.2) is 0 Å². The van der Waals surface area contributed by atoms with Gasteiger partial charge in [-0.1, -0.05) is 33.1 Å². The van der Waals surface area contributed by atoms with Crippen LogP contribution in [0.25, 0.3) is 0 Å². The van der Waals surface area contributed by atoms with Gasteiger partial charge >= 0.3 is 0 Å². The third-order valence-electron chi connectivity index (χ3n) is 5.39. The van der Waals surface area contributed by atoms with E-state index in [1.165, 1.54) is 6.42 Å². The van der Waals surface area contributed by atoms with Crippen molar-refractivity contribution >= 4 is 0 Å². The molecule has 0 spiro atoms. The van der Waals surface area contributed by atoms with Gasteiger partial charge in [0.1, 0.15) is 0 Å². The summed E-state index contributed by atoms with van der Waals surface area (Å²) in [4.78, 5) is 0. The molecule has 0 bridgehead atoms. The minimum absolute atomic E-state index is 0.282. The van der Waals surface area contributed by atoms with E-state index in [1.54, 1.807) is 0 Å². The van der Waals surface area contributed by atoms with Crippen LogP contribution >= 0.6 is 0 Å². The highest BCUT2D eigenvalue weighted by Gasteiger charge is 2.58. The zero-order chi connectivity index (χ0) is 16.1. The lowest BCUT2D eigenvalue weighted by atomic mass is 9.57. The van der Waals surface area contributed by atoms with Gasteiger partial charge in [-0.3, -0.25) is 0 Å². The summed E-state index contributed by atoms with van der Waals surface area (Å²) in [5, 5.41) is 28.4. The SMILES string of the molecule is CC(CO)CCCCCCOC(C)(C)C1(C)CC(O)C1O. The van der Waals surface area contributed by atoms with Gasteiger partial charge < -0.3 is 20.1 Å². The highest BCUT2D eigenvalue weighted by atomic mass is 16.5. The molecule has 0 saturated heterocycles. The van der Waals surface area contributed by atoms with E-state index in [4.69, 9.17) is 9.84 Å². The number of aliphatic hydroxyl groups is 3. The van der Waals surface area contributed by atoms with E-state index in [-0.39, 0.29) is 12.0 Å². The van der Waals surface area contributed by atoms with Crippen molar-refractivity contribution in [2.24, 2.45) is 11.3 Å². The Morgan fingerprint density at radius 3 is 2.33 bits per heavy atom. The highest BCUT2D eigenvalue weighted by Crippen LogP contribution is 2.50. The molecule has 4 atom stereocenters. The van der Waals surface area contributed by atoms with E-state index < -0.39 is 17.8 Å². The van der Waals surface area contributed by atoms with E-state index >= 15 is 0 Å². The van der Waals surface area contributed by atoms with Crippen molar-refractivity contribution in [1.82, 2.24) is 0 Å². The van der Waals surface area contributed by atoms with Gasteiger partial charge in [-0.25, -0.2) is 0 Å². The van der Waals surface area contributed by atoms with Crippen molar-refractivity contribution in [2.45, 2.75) is 84.0 Å². The Morgan fingerprint density at radius 2 is 1.81 bits per heavy atom. The lowest BCUT2D eigenvalue weighted by Crippen LogP contribution is -2.64. The molecule has 21 heavy (non-hydrogen) atoms. The summed E-state index contributed by atoms with van der Waals surface area (Å²) in [5.41, 5.74) is -0.778. The maximum Gasteiger partial charge on any atom is 0.0881 e. The number of hydrogen-bond acceptors (Lipinski definition) is 4. The number of ether oxygens (including phenoxy) is 1. The van der Waals surface area contributed by atoms with Gasteiger partial charge in [0.15, 0.2) is 0 Å². The van der Waals surface area contributed by atoms with Crippen LogP contribution in [0.3, 0.4) is 0 Å². The van der Waals surface area contributed by atoms with Gasteiger partial charge in [-0.2, -0.15) is 0 Å². The van der Waals surface area contributed by atoms with Crippen molar-refractivity contribution in [1.29, 1.82) is 0 Å². The molecule has 0 aromatic heterocycles. The molecule has 4 nitrogen and oxygen atoms in total. The van der Waals surface area contributed by atoms with Gasteiger partial charge in [-0.05, 0) is 39.0 Å². The summed E-state index contributed by atoms with van der Waals surface area (Å²) >= 11 is 0. The summed E-state index contributed by atoms with van der Waals surface area (Å²) in [5.74, 6) is 0.409. The summed E-state index contributed by atoms with van der Waals surface area (Å²) in [6.45, 7) is 9.05. The van der Waals surface area contributed by atoms with Crippen molar-refractivity contribution < 1.29 is 20.1 Å². The molecule has 126 valence electrons. The molecule has 0 aromatic rings. The molecule has 3 N–H and O–H groups in total. The van der Waals surface area contributed by atoms with E-state index in [0.717, 1.165) is 25.7 Å². The Kier molecular flexibility index (Phi) is 7.11. The fourth-order valence-corrected chi connectivity index (χ4v) is 3.06. The Morgan fingerprint density at radius 1 is 1.19 bits per heavy atom. The van der Waals surface area contributed by atoms with Gasteiger partial charge in [0, 0.05) is 18.6 Å². The lowest BCUT2D eigenvalue weighted by molar-refractivity contribution is -0.243. The highest BCUT2D eigenvalue weighted by molar-refractivity contribution is 5.08. The molecule has 0 radical (unpaired) electrons. The molecule has 0 amide bonds. The first-order chi connectivity index (χ1) is 9.74. The maximum absolute atomic E-state index is 9.97. The molecule has 1 saturated carbocycles. The van der Waals surface area contributed by atoms with Gasteiger partial charge in [0.25, 0.3) is 0 Å². The molecule has 0 aliphatic heterocycles. The molecule has 1 aliphatic rings. The Labute approximate surface area is 129 Å². The van der Waals surface area contributed by atoms with Crippen LogP contribution in [-0.4, -0.2) is 46.3 Å². The van der Waals surface area contributed by atoms with E-state index in [1.807, 2.05) is 20.8 Å². The summed E-state index contributed by atoms with van der Waals surface area (Å²) in [7, 11) is 0. The maximum atomic E-state index is 9.97. The first kappa shape index (κ1) is 18.9. The largest absolute Gasteiger partial charge is 0.396 e. The van der Waals surface area contributed by atoms with Crippen molar-refractivity contribution in [3.8, 4) is 0 Å². The standard InChI is InChI=1S/C17H34O4/c1-13(12-18)9-7-5-6-8-10-21-16(2,3)17(4)11-14(19)15(17)20/h13-15,18-20H,5-12H2,1-4H3. The summed E-state index contributed by atoms with van der Waals surface area (Å²) in [6.07, 6.45) is 4.88. The molecule has 0 aromatic carbocycles. The Bertz CT molecular complexity index is 305. The molecular weight excluding hydrogens is 268 g/mol. The van der Waals surface area contributed by atoms with Gasteiger partial charge in [-0.15, -0.1) is 0 Å². The van der Waals surface area contributed by atoms with Crippen LogP contribution in [0.2, 0.25) is 0 Å². The van der Waals surface area contributed by atoms with E-state index in [2.05, 4.69) is 6.92 Å². The Hall–Kier alpha value is -0.160. The average Bonchev–Trinajstić information content (AvgIpc) is 2.45. The number of unbranched alkanes of at least 4 members (excludes halogenated alkanes) is 3. The zero-order valence-electron chi connectivity index (χ0n) is 14.1. The zero-order valence-corrected chi connectivity index (χ0v) is 14.1. The third-order valence-corrected chi connectivity index (χ3v) is 5.39. The molecule has 1 rings (SSSR count). The van der Waals surface area contributed by atoms with Crippen LogP contribution in [0.4, 0.5) is 0 Å². The first-order valence-corrected chi connectivity index (χ1v) is 8.35. The molecule has 4 heteroatoms. The second-order valence-electron chi connectivity index (χ2n) is 7.48. The fourth-order valence-electron chi connectivity index (χ4n) is 3.06. The van der Waals surface area contributed by atoms with Gasteiger partial charge in [0.2, 0.25) is 0 Å². The molecule has 1 aliphatic carbocycles. The smallest absolute Gasteiger partial charge is 0.0881 e. The summed E-state index contributed by atoms with van der Waals surface area (Å²) in [6, 6.07) is 0. The van der Waals surface area contributed by atoms with Gasteiger partial charge in [0.05, 0.1) is 17.8 Å². The second kappa shape index (κ2) is 7.91. The predicted octanol–water partition coefficient (Wildman–Crippen LogP) is 2.49. The minimum atomic E-state index is -0.688. The van der Waals surface area contributed by atoms with Crippen LogP contribution < -0.4 is 0 Å². The lowest BCUT2D eigenvalue weighted by Gasteiger charge is -2.56. The molecule has 4 unspecified atom stereocenters. The minimum Gasteiger partial charge on any atom is -0.396 e. The molecule has 0 heterocycles. The van der Waals surface area contributed by atoms with Crippen LogP contribution in [0.1, 0.15) is 66.2 Å². The molecule has 1 fully saturated rings. The molecular formula is C17H34O4. The number of aliphatic hydroxyl groups excluding tert-OH is 3. The van der Waals surface area contributed by atoms with Crippen molar-refractivity contribution in [3.05, 3.63) is 0 Å². The van der Waals surface area contributed by atoms with Crippen LogP contribution in [-0.2, 0) is 4.74 Å².